The van der Waals surface area contributed by atoms with Crippen molar-refractivity contribution in [1.29, 1.82) is 5.26 Å². The number of nitrogens with two attached hydrogens (primary N) is 2. The lowest BCUT2D eigenvalue weighted by Crippen LogP contribution is -2.30. The van der Waals surface area contributed by atoms with E-state index in [1.54, 1.807) is 18.2 Å². The zero-order valence-corrected chi connectivity index (χ0v) is 24.9. The van der Waals surface area contributed by atoms with Crippen LogP contribution in [0.1, 0.15) is 35.6 Å². The minimum atomic E-state index is -3.59. The van der Waals surface area contributed by atoms with Crippen molar-refractivity contribution in [3.8, 4) is 17.6 Å². The fraction of sp³-hybridized carbons (Fsp3) is 0.222. The number of nitrogens with zero attached hydrogens (tertiary/aromatic N) is 1. The van der Waals surface area contributed by atoms with Gasteiger partial charge in [-0.25, -0.2) is 4.79 Å². The van der Waals surface area contributed by atoms with Crippen LogP contribution in [-0.2, 0) is 28.5 Å². The van der Waals surface area contributed by atoms with Gasteiger partial charge in [-0.05, 0) is 96.3 Å². The Balaban J connectivity index is 1.34. The van der Waals surface area contributed by atoms with Gasteiger partial charge in [0.25, 0.3) is 0 Å². The first-order valence-electron chi connectivity index (χ1n) is 14.3. The second-order valence-electron chi connectivity index (χ2n) is 11.1. The van der Waals surface area contributed by atoms with Crippen molar-refractivity contribution in [2.45, 2.75) is 32.3 Å². The highest BCUT2D eigenvalue weighted by molar-refractivity contribution is 5.87. The minimum Gasteiger partial charge on any atom is -0.493 e. The van der Waals surface area contributed by atoms with Crippen LogP contribution in [0, 0.1) is 16.7 Å². The van der Waals surface area contributed by atoms with Crippen LogP contribution in [0.25, 0.3) is 6.08 Å². The summed E-state index contributed by atoms with van der Waals surface area (Å²) in [4.78, 5) is 12.7. The molecule has 0 bridgehead atoms. The molecule has 0 spiro atoms. The summed E-state index contributed by atoms with van der Waals surface area (Å²) >= 11 is 0. The van der Waals surface area contributed by atoms with Gasteiger partial charge in [0.05, 0.1) is 24.7 Å². The van der Waals surface area contributed by atoms with E-state index in [1.165, 1.54) is 42.5 Å². The number of carbonyl (C=O) groups excluding carboxylic acids is 1. The lowest BCUT2D eigenvalue weighted by atomic mass is 9.79. The van der Waals surface area contributed by atoms with Gasteiger partial charge in [-0.1, -0.05) is 43.3 Å². The number of carbonyl (C=O) groups is 1. The fourth-order valence-electron chi connectivity index (χ4n) is 4.69. The van der Waals surface area contributed by atoms with Crippen molar-refractivity contribution in [3.63, 3.8) is 0 Å². The maximum Gasteiger partial charge on any atom is 0.426 e. The van der Waals surface area contributed by atoms with Crippen LogP contribution < -0.4 is 20.9 Å². The Morgan fingerprint density at radius 2 is 1.36 bits per heavy atom. The molecule has 4 N–H and O–H groups in total. The minimum absolute atomic E-state index is 0.0461. The molecule has 0 aliphatic carbocycles. The van der Waals surface area contributed by atoms with Crippen molar-refractivity contribution in [3.05, 3.63) is 125 Å². The lowest BCUT2D eigenvalue weighted by molar-refractivity contribution is -0.185. The van der Waals surface area contributed by atoms with E-state index in [9.17, 15) is 13.6 Å². The standard InChI is InChI=1S/C36H35F2N3O4/c1-35(23-27-3-12-30(40)13-4-27,24-28-5-14-31(41)15-6-28)25-44-34(42)20-9-26-7-16-33(17-8-26)45-36(37,38)29-10-18-32(19-11-29)43-22-2-21-39/h3-20H,2,22-25,40-41H2,1H3/b20-9+. The predicted octanol–water partition coefficient (Wildman–Crippen LogP) is 7.32. The van der Waals surface area contributed by atoms with Gasteiger partial charge in [-0.2, -0.15) is 14.0 Å². The molecule has 0 aromatic heterocycles. The van der Waals surface area contributed by atoms with Crippen molar-refractivity contribution < 1.29 is 27.8 Å². The molecule has 0 saturated heterocycles. The summed E-state index contributed by atoms with van der Waals surface area (Å²) in [5.41, 5.74) is 15.0. The number of nitrogen functional groups attached to an aromatic ring is 2. The number of ether oxygens (including phenoxy) is 3. The van der Waals surface area contributed by atoms with E-state index >= 15 is 0 Å². The van der Waals surface area contributed by atoms with Gasteiger partial charge in [0, 0.05) is 22.9 Å². The molecule has 0 saturated carbocycles. The SMILES string of the molecule is CC(COC(=O)/C=C/c1ccc(OC(F)(F)c2ccc(OCCC#N)cc2)cc1)(Cc1ccc(N)cc1)Cc1ccc(N)cc1. The fourth-order valence-corrected chi connectivity index (χ4v) is 4.69. The van der Waals surface area contributed by atoms with E-state index in [0.717, 1.165) is 11.1 Å². The molecule has 9 heteroatoms. The van der Waals surface area contributed by atoms with Gasteiger partial charge in [0.2, 0.25) is 0 Å². The summed E-state index contributed by atoms with van der Waals surface area (Å²) in [7, 11) is 0. The molecule has 4 aromatic carbocycles. The molecule has 0 unspecified atom stereocenters. The number of halogens is 2. The summed E-state index contributed by atoms with van der Waals surface area (Å²) in [6.45, 7) is 2.40. The number of esters is 1. The zero-order chi connectivity index (χ0) is 32.3. The van der Waals surface area contributed by atoms with Crippen LogP contribution in [0.2, 0.25) is 0 Å². The van der Waals surface area contributed by atoms with E-state index < -0.39 is 17.5 Å². The molecule has 0 amide bonds. The maximum absolute atomic E-state index is 14.7. The van der Waals surface area contributed by atoms with Gasteiger partial charge in [-0.3, -0.25) is 0 Å². The first-order valence-corrected chi connectivity index (χ1v) is 14.3. The van der Waals surface area contributed by atoms with Crippen LogP contribution in [0.15, 0.2) is 103 Å². The van der Waals surface area contributed by atoms with E-state index in [-0.39, 0.29) is 30.9 Å². The molecule has 4 rings (SSSR count). The third-order valence-corrected chi connectivity index (χ3v) is 7.00. The zero-order valence-electron chi connectivity index (χ0n) is 24.9. The summed E-state index contributed by atoms with van der Waals surface area (Å²) in [6, 6.07) is 28.3. The van der Waals surface area contributed by atoms with Crippen molar-refractivity contribution >= 4 is 23.4 Å². The van der Waals surface area contributed by atoms with Crippen LogP contribution in [0.3, 0.4) is 0 Å². The largest absolute Gasteiger partial charge is 0.493 e. The van der Waals surface area contributed by atoms with Crippen LogP contribution >= 0.6 is 0 Å². The summed E-state index contributed by atoms with van der Waals surface area (Å²) < 4.78 is 45.4. The molecule has 0 radical (unpaired) electrons. The Morgan fingerprint density at radius 3 is 1.89 bits per heavy atom. The smallest absolute Gasteiger partial charge is 0.426 e. The topological polar surface area (TPSA) is 121 Å². The van der Waals surface area contributed by atoms with Gasteiger partial charge in [-0.15, -0.1) is 0 Å². The molecule has 0 atom stereocenters. The summed E-state index contributed by atoms with van der Waals surface area (Å²) in [5, 5.41) is 8.57. The highest BCUT2D eigenvalue weighted by Gasteiger charge is 2.34. The number of hydrogen-bond acceptors (Lipinski definition) is 7. The Bertz CT molecular complexity index is 1570. The highest BCUT2D eigenvalue weighted by atomic mass is 19.3. The Hall–Kier alpha value is -5.36. The predicted molar refractivity (Wildman–Crippen MR) is 170 cm³/mol. The average molecular weight is 612 g/mol. The molecular weight excluding hydrogens is 576 g/mol. The second-order valence-corrected chi connectivity index (χ2v) is 11.1. The molecule has 0 aliphatic heterocycles. The third-order valence-electron chi connectivity index (χ3n) is 7.00. The van der Waals surface area contributed by atoms with Crippen LogP contribution in [0.4, 0.5) is 20.2 Å². The molecule has 4 aromatic rings. The second kappa shape index (κ2) is 14.9. The van der Waals surface area contributed by atoms with E-state index in [1.807, 2.05) is 54.6 Å². The van der Waals surface area contributed by atoms with Gasteiger partial charge in [0.1, 0.15) is 18.1 Å². The number of benzene rings is 4. The Labute approximate surface area is 261 Å². The molecule has 232 valence electrons. The van der Waals surface area contributed by atoms with Crippen LogP contribution in [0.5, 0.6) is 11.5 Å². The van der Waals surface area contributed by atoms with Gasteiger partial charge >= 0.3 is 12.1 Å². The Kier molecular flexibility index (Phi) is 10.8. The van der Waals surface area contributed by atoms with Crippen molar-refractivity contribution in [1.82, 2.24) is 0 Å². The maximum atomic E-state index is 14.7. The third kappa shape index (κ3) is 10.1. The highest BCUT2D eigenvalue weighted by Crippen LogP contribution is 2.33. The molecule has 0 fully saturated rings. The van der Waals surface area contributed by atoms with Crippen LogP contribution in [-0.4, -0.2) is 19.2 Å². The van der Waals surface area contributed by atoms with Crippen molar-refractivity contribution in [2.75, 3.05) is 24.7 Å². The van der Waals surface area contributed by atoms with E-state index in [2.05, 4.69) is 6.92 Å². The molecular formula is C36H35F2N3O4. The summed E-state index contributed by atoms with van der Waals surface area (Å²) in [6.07, 6.45) is 0.771. The monoisotopic (exact) mass is 611 g/mol. The van der Waals surface area contributed by atoms with E-state index in [4.69, 9.17) is 30.9 Å². The number of nitriles is 1. The number of hydrogen-bond donors (Lipinski definition) is 2. The molecule has 0 aliphatic rings. The average Bonchev–Trinajstić information content (AvgIpc) is 3.02. The summed E-state index contributed by atoms with van der Waals surface area (Å²) in [5.74, 6) is -0.189. The van der Waals surface area contributed by atoms with E-state index in [0.29, 0.717) is 35.5 Å². The molecule has 45 heavy (non-hydrogen) atoms. The quantitative estimate of drug-likeness (QED) is 0.0663. The first kappa shape index (κ1) is 32.6. The first-order chi connectivity index (χ1) is 21.5. The normalized spacial score (nSPS) is 11.6. The number of anilines is 2. The number of alkyl halides is 2. The number of rotatable bonds is 14. The van der Waals surface area contributed by atoms with Gasteiger partial charge in [0.15, 0.2) is 0 Å². The Morgan fingerprint density at radius 1 is 0.822 bits per heavy atom. The molecule has 7 nitrogen and oxygen atoms in total. The lowest BCUT2D eigenvalue weighted by Gasteiger charge is -2.29. The molecule has 0 heterocycles. The van der Waals surface area contributed by atoms with Gasteiger partial charge < -0.3 is 25.7 Å². The van der Waals surface area contributed by atoms with Crippen molar-refractivity contribution in [2.24, 2.45) is 5.41 Å².